The molecule has 0 aliphatic rings. The van der Waals surface area contributed by atoms with Crippen molar-refractivity contribution in [3.05, 3.63) is 56.0 Å². The molecule has 1 N–H and O–H groups in total. The van der Waals surface area contributed by atoms with Gasteiger partial charge in [-0.05, 0) is 54.8 Å². The summed E-state index contributed by atoms with van der Waals surface area (Å²) in [5, 5.41) is 10.3. The van der Waals surface area contributed by atoms with E-state index in [0.717, 1.165) is 21.6 Å². The third-order valence-corrected chi connectivity index (χ3v) is 3.98. The van der Waals surface area contributed by atoms with Crippen LogP contribution in [0.15, 0.2) is 24.3 Å². The summed E-state index contributed by atoms with van der Waals surface area (Å²) in [6.07, 6.45) is -0.742. The Morgan fingerprint density at radius 2 is 1.82 bits per heavy atom. The molecule has 2 rings (SSSR count). The monoisotopic (exact) mass is 270 g/mol. The highest BCUT2D eigenvalue weighted by Crippen LogP contribution is 2.34. The molecule has 0 bridgehead atoms. The Balaban J connectivity index is 2.47. The van der Waals surface area contributed by atoms with Crippen LogP contribution in [0.25, 0.3) is 0 Å². The SMILES string of the molecule is Cc1cc(F)cc(C)c1C(O)c1ccc(Cl)s1. The molecular formula is C13H12ClFOS. The van der Waals surface area contributed by atoms with Crippen molar-refractivity contribution in [3.63, 3.8) is 0 Å². The number of hydrogen-bond donors (Lipinski definition) is 1. The van der Waals surface area contributed by atoms with Gasteiger partial charge in [0, 0.05) is 4.88 Å². The second kappa shape index (κ2) is 4.77. The summed E-state index contributed by atoms with van der Waals surface area (Å²) < 4.78 is 13.8. The summed E-state index contributed by atoms with van der Waals surface area (Å²) in [4.78, 5) is 0.771. The van der Waals surface area contributed by atoms with Gasteiger partial charge in [0.2, 0.25) is 0 Å². The van der Waals surface area contributed by atoms with E-state index >= 15 is 0 Å². The van der Waals surface area contributed by atoms with Gasteiger partial charge >= 0.3 is 0 Å². The number of aliphatic hydroxyl groups is 1. The maximum atomic E-state index is 13.2. The predicted octanol–water partition coefficient (Wildman–Crippen LogP) is 4.24. The molecule has 0 amide bonds. The topological polar surface area (TPSA) is 20.2 Å². The zero-order chi connectivity index (χ0) is 12.6. The minimum absolute atomic E-state index is 0.278. The van der Waals surface area contributed by atoms with Crippen LogP contribution in [0.5, 0.6) is 0 Å². The van der Waals surface area contributed by atoms with Crippen molar-refractivity contribution in [1.29, 1.82) is 0 Å². The molecule has 0 radical (unpaired) electrons. The van der Waals surface area contributed by atoms with Gasteiger partial charge in [0.1, 0.15) is 11.9 Å². The molecule has 1 nitrogen and oxygen atoms in total. The standard InChI is InChI=1S/C13H12ClFOS/c1-7-5-9(15)6-8(2)12(7)13(16)10-3-4-11(14)17-10/h3-6,13,16H,1-2H3. The molecule has 1 heterocycles. The number of aryl methyl sites for hydroxylation is 2. The van der Waals surface area contributed by atoms with E-state index in [2.05, 4.69) is 0 Å². The lowest BCUT2D eigenvalue weighted by Gasteiger charge is -2.15. The Hall–Kier alpha value is -0.900. The van der Waals surface area contributed by atoms with Crippen LogP contribution in [0.1, 0.15) is 27.7 Å². The third kappa shape index (κ3) is 2.51. The van der Waals surface area contributed by atoms with Crippen LogP contribution in [-0.2, 0) is 0 Å². The van der Waals surface area contributed by atoms with Gasteiger partial charge in [-0.1, -0.05) is 11.6 Å². The molecule has 0 fully saturated rings. The first-order valence-electron chi connectivity index (χ1n) is 5.19. The van der Waals surface area contributed by atoms with Gasteiger partial charge in [0.15, 0.2) is 0 Å². The second-order valence-electron chi connectivity index (χ2n) is 4.00. The number of aliphatic hydroxyl groups excluding tert-OH is 1. The van der Waals surface area contributed by atoms with Crippen LogP contribution in [0.2, 0.25) is 4.34 Å². The van der Waals surface area contributed by atoms with Gasteiger partial charge in [-0.25, -0.2) is 4.39 Å². The van der Waals surface area contributed by atoms with Gasteiger partial charge in [-0.2, -0.15) is 0 Å². The molecule has 0 spiro atoms. The van der Waals surface area contributed by atoms with E-state index in [4.69, 9.17) is 11.6 Å². The summed E-state index contributed by atoms with van der Waals surface area (Å²) >= 11 is 7.18. The maximum Gasteiger partial charge on any atom is 0.123 e. The van der Waals surface area contributed by atoms with Crippen LogP contribution in [-0.4, -0.2) is 5.11 Å². The van der Waals surface area contributed by atoms with E-state index in [-0.39, 0.29) is 5.82 Å². The molecule has 1 unspecified atom stereocenters. The zero-order valence-electron chi connectivity index (χ0n) is 9.50. The van der Waals surface area contributed by atoms with Crippen molar-refractivity contribution >= 4 is 22.9 Å². The Morgan fingerprint density at radius 3 is 2.29 bits per heavy atom. The second-order valence-corrected chi connectivity index (χ2v) is 5.74. The summed E-state index contributed by atoms with van der Waals surface area (Å²) in [6, 6.07) is 6.40. The van der Waals surface area contributed by atoms with E-state index in [1.54, 1.807) is 26.0 Å². The Labute approximate surface area is 108 Å². The minimum atomic E-state index is -0.742. The van der Waals surface area contributed by atoms with Crippen molar-refractivity contribution in [2.45, 2.75) is 20.0 Å². The fourth-order valence-corrected chi connectivity index (χ4v) is 3.03. The molecule has 0 saturated carbocycles. The molecule has 0 saturated heterocycles. The minimum Gasteiger partial charge on any atom is -0.383 e. The van der Waals surface area contributed by atoms with Crippen LogP contribution >= 0.6 is 22.9 Å². The molecule has 17 heavy (non-hydrogen) atoms. The molecule has 90 valence electrons. The van der Waals surface area contributed by atoms with Gasteiger partial charge in [-0.15, -0.1) is 11.3 Å². The molecule has 1 atom stereocenters. The maximum absolute atomic E-state index is 13.2. The fraction of sp³-hybridized carbons (Fsp3) is 0.231. The summed E-state index contributed by atoms with van der Waals surface area (Å²) in [6.45, 7) is 3.59. The Kier molecular flexibility index (Phi) is 3.52. The molecule has 0 aliphatic heterocycles. The van der Waals surface area contributed by atoms with Gasteiger partial charge < -0.3 is 5.11 Å². The van der Waals surface area contributed by atoms with E-state index < -0.39 is 6.10 Å². The van der Waals surface area contributed by atoms with Gasteiger partial charge in [-0.3, -0.25) is 0 Å². The van der Waals surface area contributed by atoms with E-state index in [1.165, 1.54) is 23.5 Å². The van der Waals surface area contributed by atoms with Gasteiger partial charge in [0.25, 0.3) is 0 Å². The quantitative estimate of drug-likeness (QED) is 0.865. The number of halogens is 2. The highest BCUT2D eigenvalue weighted by molar-refractivity contribution is 7.16. The average molecular weight is 271 g/mol. The van der Waals surface area contributed by atoms with Crippen molar-refractivity contribution in [1.82, 2.24) is 0 Å². The molecule has 1 aromatic carbocycles. The highest BCUT2D eigenvalue weighted by Gasteiger charge is 2.18. The molecular weight excluding hydrogens is 259 g/mol. The summed E-state index contributed by atoms with van der Waals surface area (Å²) in [5.41, 5.74) is 2.25. The number of thiophene rings is 1. The number of benzene rings is 1. The number of hydrogen-bond acceptors (Lipinski definition) is 2. The first-order valence-corrected chi connectivity index (χ1v) is 6.38. The molecule has 1 aromatic heterocycles. The first kappa shape index (κ1) is 12.6. The lowest BCUT2D eigenvalue weighted by atomic mass is 9.97. The largest absolute Gasteiger partial charge is 0.383 e. The third-order valence-electron chi connectivity index (χ3n) is 2.70. The van der Waals surface area contributed by atoms with Crippen molar-refractivity contribution < 1.29 is 9.50 Å². The normalized spacial score (nSPS) is 12.8. The summed E-state index contributed by atoms with van der Waals surface area (Å²) in [5.74, 6) is -0.278. The van der Waals surface area contributed by atoms with Gasteiger partial charge in [0.05, 0.1) is 4.34 Å². The average Bonchev–Trinajstić information content (AvgIpc) is 2.63. The van der Waals surface area contributed by atoms with E-state index in [0.29, 0.717) is 4.34 Å². The van der Waals surface area contributed by atoms with Crippen molar-refractivity contribution in [2.24, 2.45) is 0 Å². The highest BCUT2D eigenvalue weighted by atomic mass is 35.5. The van der Waals surface area contributed by atoms with E-state index in [9.17, 15) is 9.50 Å². The van der Waals surface area contributed by atoms with Crippen LogP contribution in [0, 0.1) is 19.7 Å². The fourth-order valence-electron chi connectivity index (χ4n) is 1.97. The first-order chi connectivity index (χ1) is 7.99. The van der Waals surface area contributed by atoms with Crippen LogP contribution in [0.3, 0.4) is 0 Å². The van der Waals surface area contributed by atoms with Crippen LogP contribution < -0.4 is 0 Å². The smallest absolute Gasteiger partial charge is 0.123 e. The van der Waals surface area contributed by atoms with E-state index in [1.807, 2.05) is 0 Å². The Morgan fingerprint density at radius 1 is 1.24 bits per heavy atom. The zero-order valence-corrected chi connectivity index (χ0v) is 11.1. The molecule has 4 heteroatoms. The molecule has 2 aromatic rings. The van der Waals surface area contributed by atoms with Crippen molar-refractivity contribution in [3.8, 4) is 0 Å². The lowest BCUT2D eigenvalue weighted by Crippen LogP contribution is -2.03. The summed E-state index contributed by atoms with van der Waals surface area (Å²) in [7, 11) is 0. The number of rotatable bonds is 2. The lowest BCUT2D eigenvalue weighted by molar-refractivity contribution is 0.222. The Bertz CT molecular complexity index is 527. The van der Waals surface area contributed by atoms with Crippen LogP contribution in [0.4, 0.5) is 4.39 Å². The van der Waals surface area contributed by atoms with Crippen molar-refractivity contribution in [2.75, 3.05) is 0 Å². The predicted molar refractivity (Wildman–Crippen MR) is 69.3 cm³/mol. The molecule has 0 aliphatic carbocycles.